The molecule has 32 heavy (non-hydrogen) atoms. The fourth-order valence-corrected chi connectivity index (χ4v) is 3.93. The van der Waals surface area contributed by atoms with Gasteiger partial charge in [0.1, 0.15) is 18.7 Å². The van der Waals surface area contributed by atoms with Gasteiger partial charge >= 0.3 is 12.1 Å². The number of likely N-dealkylation sites (N-methyl/N-ethyl adjacent to an activating group) is 1. The number of amides is 2. The third-order valence-electron chi connectivity index (χ3n) is 5.88. The zero-order valence-corrected chi connectivity index (χ0v) is 18.3. The van der Waals surface area contributed by atoms with Crippen molar-refractivity contribution in [2.45, 2.75) is 37.8 Å². The summed E-state index contributed by atoms with van der Waals surface area (Å²) < 4.78 is 5.53. The van der Waals surface area contributed by atoms with Crippen LogP contribution in [-0.4, -0.2) is 53.7 Å². The van der Waals surface area contributed by atoms with E-state index in [4.69, 9.17) is 4.74 Å². The van der Waals surface area contributed by atoms with Gasteiger partial charge in [0.15, 0.2) is 0 Å². The number of nitrogens with one attached hydrogen (secondary N) is 1. The van der Waals surface area contributed by atoms with Crippen LogP contribution in [0.25, 0.3) is 11.1 Å². The van der Waals surface area contributed by atoms with Crippen LogP contribution in [-0.2, 0) is 14.3 Å². The fourth-order valence-electron chi connectivity index (χ4n) is 3.93. The number of ether oxygens (including phenoxy) is 1. The summed E-state index contributed by atoms with van der Waals surface area (Å²) in [7, 11) is 1.40. The van der Waals surface area contributed by atoms with Gasteiger partial charge in [-0.15, -0.1) is 6.58 Å². The number of carboxylic acids is 1. The Bertz CT molecular complexity index is 973. The number of aliphatic carboxylic acids is 1. The number of fused-ring (bicyclic) bond motifs is 3. The minimum Gasteiger partial charge on any atom is -0.480 e. The van der Waals surface area contributed by atoms with Crippen molar-refractivity contribution in [3.05, 3.63) is 72.3 Å². The molecule has 3 rings (SSSR count). The zero-order chi connectivity index (χ0) is 23.3. The molecule has 0 heterocycles. The van der Waals surface area contributed by atoms with Gasteiger partial charge in [0.25, 0.3) is 0 Å². The second-order valence-electron chi connectivity index (χ2n) is 7.85. The molecule has 0 radical (unpaired) electrons. The van der Waals surface area contributed by atoms with Gasteiger partial charge in [0.05, 0.1) is 0 Å². The number of carbonyl (C=O) groups excluding carboxylic acids is 2. The minimum absolute atomic E-state index is 0.0924. The lowest BCUT2D eigenvalue weighted by Crippen LogP contribution is -2.51. The van der Waals surface area contributed by atoms with E-state index in [9.17, 15) is 19.5 Å². The van der Waals surface area contributed by atoms with E-state index in [1.165, 1.54) is 14.0 Å². The van der Waals surface area contributed by atoms with E-state index in [0.29, 0.717) is 12.8 Å². The highest BCUT2D eigenvalue weighted by atomic mass is 16.5. The quantitative estimate of drug-likeness (QED) is 0.583. The monoisotopic (exact) mass is 436 g/mol. The molecule has 0 saturated heterocycles. The highest BCUT2D eigenvalue weighted by Gasteiger charge is 2.31. The van der Waals surface area contributed by atoms with Gasteiger partial charge in [0, 0.05) is 13.0 Å². The lowest BCUT2D eigenvalue weighted by molar-refractivity contribution is -0.149. The number of carbonyl (C=O) groups is 3. The molecule has 7 heteroatoms. The van der Waals surface area contributed by atoms with E-state index in [0.717, 1.165) is 27.2 Å². The number of rotatable bonds is 9. The number of nitrogens with zero attached hydrogens (tertiary/aromatic N) is 1. The standard InChI is InChI=1S/C25H28N2O5/c1-4-5-14-22(23(28)27(3)16(2)24(29)30)26-25(31)32-15-21-19-12-8-6-10-17(19)18-11-7-9-13-20(18)21/h4,6-13,16,21-22H,1,5,14-15H2,2-3H3,(H,26,31)(H,29,30). The number of allylic oxidation sites excluding steroid dienone is 1. The van der Waals surface area contributed by atoms with Gasteiger partial charge in [-0.3, -0.25) is 4.79 Å². The third kappa shape index (κ3) is 4.82. The Morgan fingerprint density at radius 1 is 1.12 bits per heavy atom. The molecule has 0 aromatic heterocycles. The van der Waals surface area contributed by atoms with Crippen LogP contribution in [0.15, 0.2) is 61.2 Å². The molecular weight excluding hydrogens is 408 g/mol. The van der Waals surface area contributed by atoms with Crippen LogP contribution in [0, 0.1) is 0 Å². The van der Waals surface area contributed by atoms with E-state index in [1.807, 2.05) is 36.4 Å². The van der Waals surface area contributed by atoms with E-state index in [1.54, 1.807) is 6.08 Å². The van der Waals surface area contributed by atoms with Gasteiger partial charge in [0.2, 0.25) is 5.91 Å². The molecule has 0 fully saturated rings. The maximum atomic E-state index is 12.8. The van der Waals surface area contributed by atoms with Crippen LogP contribution in [0.5, 0.6) is 0 Å². The number of benzene rings is 2. The van der Waals surface area contributed by atoms with Crippen molar-refractivity contribution < 1.29 is 24.2 Å². The van der Waals surface area contributed by atoms with Gasteiger partial charge in [-0.2, -0.15) is 0 Å². The molecule has 7 nitrogen and oxygen atoms in total. The van der Waals surface area contributed by atoms with E-state index in [-0.39, 0.29) is 12.5 Å². The lowest BCUT2D eigenvalue weighted by Gasteiger charge is -2.27. The zero-order valence-electron chi connectivity index (χ0n) is 18.3. The molecule has 1 aliphatic rings. The summed E-state index contributed by atoms with van der Waals surface area (Å²) in [5, 5.41) is 11.8. The highest BCUT2D eigenvalue weighted by Crippen LogP contribution is 2.44. The SMILES string of the molecule is C=CCCC(NC(=O)OCC1c2ccccc2-c2ccccc21)C(=O)N(C)C(C)C(=O)O. The summed E-state index contributed by atoms with van der Waals surface area (Å²) in [5.74, 6) is -1.70. The fraction of sp³-hybridized carbons (Fsp3) is 0.320. The van der Waals surface area contributed by atoms with Crippen LogP contribution >= 0.6 is 0 Å². The van der Waals surface area contributed by atoms with Crippen LogP contribution < -0.4 is 5.32 Å². The average Bonchev–Trinajstić information content (AvgIpc) is 3.12. The normalized spacial score (nSPS) is 13.9. The summed E-state index contributed by atoms with van der Waals surface area (Å²) in [6.07, 6.45) is 1.70. The average molecular weight is 437 g/mol. The van der Waals surface area contributed by atoms with Crippen LogP contribution in [0.1, 0.15) is 36.8 Å². The van der Waals surface area contributed by atoms with Crippen molar-refractivity contribution in [1.29, 1.82) is 0 Å². The molecule has 1 aliphatic carbocycles. The molecule has 2 aromatic rings. The first-order chi connectivity index (χ1) is 15.3. The lowest BCUT2D eigenvalue weighted by atomic mass is 9.98. The molecule has 2 unspecified atom stereocenters. The Balaban J connectivity index is 1.69. The van der Waals surface area contributed by atoms with Gasteiger partial charge in [-0.05, 0) is 42.0 Å². The van der Waals surface area contributed by atoms with Crippen LogP contribution in [0.4, 0.5) is 4.79 Å². The largest absolute Gasteiger partial charge is 0.480 e. The Labute approximate surface area is 187 Å². The van der Waals surface area contributed by atoms with Crippen molar-refractivity contribution in [2.75, 3.05) is 13.7 Å². The van der Waals surface area contributed by atoms with E-state index in [2.05, 4.69) is 24.0 Å². The number of carboxylic acid groups (broad SMARTS) is 1. The number of hydrogen-bond donors (Lipinski definition) is 2. The summed E-state index contributed by atoms with van der Waals surface area (Å²) in [4.78, 5) is 37.7. The molecule has 2 atom stereocenters. The topological polar surface area (TPSA) is 95.9 Å². The summed E-state index contributed by atoms with van der Waals surface area (Å²) in [5.41, 5.74) is 4.44. The molecule has 2 aromatic carbocycles. The molecule has 0 aliphatic heterocycles. The van der Waals surface area contributed by atoms with Gasteiger partial charge in [-0.25, -0.2) is 9.59 Å². The van der Waals surface area contributed by atoms with Crippen molar-refractivity contribution in [3.63, 3.8) is 0 Å². The first-order valence-electron chi connectivity index (χ1n) is 10.6. The molecule has 0 bridgehead atoms. The number of hydrogen-bond acceptors (Lipinski definition) is 4. The Morgan fingerprint density at radius 3 is 2.22 bits per heavy atom. The predicted molar refractivity (Wildman–Crippen MR) is 121 cm³/mol. The first-order valence-corrected chi connectivity index (χ1v) is 10.6. The van der Waals surface area contributed by atoms with Crippen molar-refractivity contribution >= 4 is 18.0 Å². The third-order valence-corrected chi connectivity index (χ3v) is 5.88. The second kappa shape index (κ2) is 10.1. The summed E-state index contributed by atoms with van der Waals surface area (Å²) in [6, 6.07) is 14.1. The van der Waals surface area contributed by atoms with Crippen molar-refractivity contribution in [3.8, 4) is 11.1 Å². The highest BCUT2D eigenvalue weighted by molar-refractivity contribution is 5.89. The van der Waals surface area contributed by atoms with Gasteiger partial charge in [-0.1, -0.05) is 54.6 Å². The van der Waals surface area contributed by atoms with Crippen LogP contribution in [0.3, 0.4) is 0 Å². The van der Waals surface area contributed by atoms with Crippen LogP contribution in [0.2, 0.25) is 0 Å². The maximum absolute atomic E-state index is 12.8. The van der Waals surface area contributed by atoms with Crippen molar-refractivity contribution in [1.82, 2.24) is 10.2 Å². The summed E-state index contributed by atoms with van der Waals surface area (Å²) in [6.45, 7) is 5.19. The van der Waals surface area contributed by atoms with E-state index >= 15 is 0 Å². The Kier molecular flexibility index (Phi) is 7.30. The maximum Gasteiger partial charge on any atom is 0.407 e. The smallest absolute Gasteiger partial charge is 0.407 e. The molecule has 168 valence electrons. The number of alkyl carbamates (subject to hydrolysis) is 1. The molecule has 2 N–H and O–H groups in total. The first kappa shape index (κ1) is 23.1. The minimum atomic E-state index is -1.12. The Hall–Kier alpha value is -3.61. The molecule has 2 amide bonds. The second-order valence-corrected chi connectivity index (χ2v) is 7.85. The van der Waals surface area contributed by atoms with E-state index < -0.39 is 30.1 Å². The summed E-state index contributed by atoms with van der Waals surface area (Å²) >= 11 is 0. The predicted octanol–water partition coefficient (Wildman–Crippen LogP) is 3.79. The van der Waals surface area contributed by atoms with Gasteiger partial charge < -0.3 is 20.1 Å². The molecule has 0 saturated carbocycles. The Morgan fingerprint density at radius 2 is 1.69 bits per heavy atom. The molecule has 0 spiro atoms. The van der Waals surface area contributed by atoms with Crippen molar-refractivity contribution in [2.24, 2.45) is 0 Å². The molecular formula is C25H28N2O5.